The van der Waals surface area contributed by atoms with Crippen LogP contribution in [0.15, 0.2) is 267 Å². The summed E-state index contributed by atoms with van der Waals surface area (Å²) in [6, 6.07) is 99.8. The lowest BCUT2D eigenvalue weighted by Gasteiger charge is -2.35. The normalized spacial score (nSPS) is 12.1. The molecule has 0 bridgehead atoms. The van der Waals surface area contributed by atoms with E-state index < -0.39 is 8.07 Å². The summed E-state index contributed by atoms with van der Waals surface area (Å²) in [6.45, 7) is 0. The number of para-hydroxylation sites is 2. The van der Waals surface area contributed by atoms with Crippen molar-refractivity contribution in [2.45, 2.75) is 0 Å². The van der Waals surface area contributed by atoms with E-state index in [1.54, 1.807) is 0 Å². The first-order valence-electron chi connectivity index (χ1n) is 23.9. The molecule has 14 aromatic rings. The predicted octanol–water partition coefficient (Wildman–Crippen LogP) is 14.4. The van der Waals surface area contributed by atoms with Gasteiger partial charge in [0, 0.05) is 38.3 Å². The monoisotopic (exact) mass is 892 g/mol. The second-order valence-electron chi connectivity index (χ2n) is 18.4. The Hall–Kier alpha value is -8.76. The van der Waals surface area contributed by atoms with Crippen LogP contribution in [-0.2, 0) is 0 Å². The Labute approximate surface area is 401 Å². The van der Waals surface area contributed by atoms with Gasteiger partial charge in [0.25, 0.3) is 0 Å². The Balaban J connectivity index is 1.11. The summed E-state index contributed by atoms with van der Waals surface area (Å²) in [4.78, 5) is 0. The average molecular weight is 893 g/mol. The molecule has 3 heteroatoms. The zero-order chi connectivity index (χ0) is 45.5. The fourth-order valence-electron chi connectivity index (χ4n) is 11.9. The number of aromatic nitrogens is 2. The zero-order valence-electron chi connectivity index (χ0n) is 37.8. The number of hydrogen-bond acceptors (Lipinski definition) is 0. The molecule has 69 heavy (non-hydrogen) atoms. The van der Waals surface area contributed by atoms with E-state index in [-0.39, 0.29) is 0 Å². The first-order chi connectivity index (χ1) is 34.3. The Kier molecular flexibility index (Phi) is 8.95. The van der Waals surface area contributed by atoms with Crippen LogP contribution in [0, 0.1) is 0 Å². The van der Waals surface area contributed by atoms with Gasteiger partial charge in [-0.15, -0.1) is 0 Å². The molecule has 0 atom stereocenters. The molecule has 14 rings (SSSR count). The van der Waals surface area contributed by atoms with Crippen LogP contribution in [0.5, 0.6) is 0 Å². The maximum Gasteiger partial charge on any atom is 0.179 e. The number of rotatable bonds is 7. The van der Waals surface area contributed by atoms with Crippen molar-refractivity contribution in [3.8, 4) is 22.5 Å². The lowest BCUT2D eigenvalue weighted by atomic mass is 9.92. The minimum Gasteiger partial charge on any atom is -0.309 e. The molecule has 0 spiro atoms. The molecule has 2 nitrogen and oxygen atoms in total. The largest absolute Gasteiger partial charge is 0.309 e. The predicted molar refractivity (Wildman–Crippen MR) is 297 cm³/mol. The molecule has 0 saturated carbocycles. The van der Waals surface area contributed by atoms with Crippen LogP contribution >= 0.6 is 0 Å². The van der Waals surface area contributed by atoms with Crippen LogP contribution in [0.4, 0.5) is 0 Å². The van der Waals surface area contributed by atoms with Crippen molar-refractivity contribution in [3.63, 3.8) is 0 Å². The summed E-state index contributed by atoms with van der Waals surface area (Å²) in [5.41, 5.74) is 9.47. The molecular formula is C66H44N2Si. The SMILES string of the molecule is c1ccc(-c2cccc([Si](c3ccccc3)(c3ccccc3)c3cccc(-n4c5cc(-n6c7ccccc7c7ccccc76)ccc5c5c6c7ccccc7c7ccccc7c6ccc54)c3)c2)cc1. The van der Waals surface area contributed by atoms with Crippen molar-refractivity contribution < 1.29 is 0 Å². The van der Waals surface area contributed by atoms with Gasteiger partial charge in [0.05, 0.1) is 22.1 Å². The molecule has 0 aliphatic carbocycles. The summed E-state index contributed by atoms with van der Waals surface area (Å²) in [7, 11) is -2.99. The third kappa shape index (κ3) is 5.91. The van der Waals surface area contributed by atoms with E-state index in [2.05, 4.69) is 276 Å². The highest BCUT2D eigenvalue weighted by atomic mass is 28.3. The summed E-state index contributed by atoms with van der Waals surface area (Å²) in [6.07, 6.45) is 0. The molecule has 0 radical (unpaired) electrons. The van der Waals surface area contributed by atoms with Gasteiger partial charge in [-0.2, -0.15) is 0 Å². The van der Waals surface area contributed by atoms with Gasteiger partial charge in [-0.25, -0.2) is 0 Å². The Morgan fingerprint density at radius 2 is 0.652 bits per heavy atom. The fourth-order valence-corrected chi connectivity index (χ4v) is 16.7. The van der Waals surface area contributed by atoms with E-state index in [0.717, 1.165) is 11.4 Å². The van der Waals surface area contributed by atoms with E-state index in [1.165, 1.54) is 108 Å². The van der Waals surface area contributed by atoms with Crippen molar-refractivity contribution in [3.05, 3.63) is 267 Å². The molecule has 0 unspecified atom stereocenters. The van der Waals surface area contributed by atoms with Crippen LogP contribution in [0.3, 0.4) is 0 Å². The van der Waals surface area contributed by atoms with Crippen LogP contribution in [0.1, 0.15) is 0 Å². The molecular weight excluding hydrogens is 849 g/mol. The lowest BCUT2D eigenvalue weighted by molar-refractivity contribution is 1.16. The van der Waals surface area contributed by atoms with Crippen molar-refractivity contribution in [1.82, 2.24) is 9.13 Å². The van der Waals surface area contributed by atoms with Crippen LogP contribution in [-0.4, -0.2) is 17.2 Å². The number of hydrogen-bond donors (Lipinski definition) is 0. The fraction of sp³-hybridized carbons (Fsp3) is 0. The first kappa shape index (κ1) is 39.4. The summed E-state index contributed by atoms with van der Waals surface area (Å²) in [5, 5.41) is 18.0. The minimum atomic E-state index is -2.99. The minimum absolute atomic E-state index is 1.13. The van der Waals surface area contributed by atoms with E-state index >= 15 is 0 Å². The van der Waals surface area contributed by atoms with Crippen LogP contribution < -0.4 is 20.7 Å². The maximum atomic E-state index is 2.56. The highest BCUT2D eigenvalue weighted by Gasteiger charge is 2.42. The van der Waals surface area contributed by atoms with Crippen molar-refractivity contribution in [2.24, 2.45) is 0 Å². The summed E-state index contributed by atoms with van der Waals surface area (Å²) >= 11 is 0. The Bertz CT molecular complexity index is 4170. The van der Waals surface area contributed by atoms with Crippen molar-refractivity contribution >= 4 is 105 Å². The third-order valence-corrected chi connectivity index (χ3v) is 19.6. The van der Waals surface area contributed by atoms with Gasteiger partial charge in [0.2, 0.25) is 0 Å². The van der Waals surface area contributed by atoms with E-state index in [0.29, 0.717) is 0 Å². The van der Waals surface area contributed by atoms with Gasteiger partial charge in [0.15, 0.2) is 8.07 Å². The summed E-state index contributed by atoms with van der Waals surface area (Å²) < 4.78 is 5.01. The summed E-state index contributed by atoms with van der Waals surface area (Å²) in [5.74, 6) is 0. The third-order valence-electron chi connectivity index (χ3n) is 14.8. The molecule has 0 aliphatic rings. The smallest absolute Gasteiger partial charge is 0.179 e. The van der Waals surface area contributed by atoms with Crippen LogP contribution in [0.2, 0.25) is 0 Å². The van der Waals surface area contributed by atoms with Gasteiger partial charge in [-0.1, -0.05) is 224 Å². The van der Waals surface area contributed by atoms with E-state index in [9.17, 15) is 0 Å². The molecule has 0 aliphatic heterocycles. The van der Waals surface area contributed by atoms with Gasteiger partial charge in [-0.05, 0) is 101 Å². The van der Waals surface area contributed by atoms with Crippen molar-refractivity contribution in [2.75, 3.05) is 0 Å². The van der Waals surface area contributed by atoms with Gasteiger partial charge >= 0.3 is 0 Å². The van der Waals surface area contributed by atoms with Crippen LogP contribution in [0.25, 0.3) is 98.4 Å². The Morgan fingerprint density at radius 3 is 1.29 bits per heavy atom. The van der Waals surface area contributed by atoms with E-state index in [4.69, 9.17) is 0 Å². The highest BCUT2D eigenvalue weighted by Crippen LogP contribution is 2.44. The zero-order valence-corrected chi connectivity index (χ0v) is 38.8. The average Bonchev–Trinajstić information content (AvgIpc) is 3.95. The molecule has 322 valence electrons. The van der Waals surface area contributed by atoms with Gasteiger partial charge < -0.3 is 9.13 Å². The molecule has 12 aromatic carbocycles. The van der Waals surface area contributed by atoms with Gasteiger partial charge in [-0.3, -0.25) is 0 Å². The van der Waals surface area contributed by atoms with Crippen molar-refractivity contribution in [1.29, 1.82) is 0 Å². The Morgan fingerprint density at radius 1 is 0.217 bits per heavy atom. The van der Waals surface area contributed by atoms with Gasteiger partial charge in [0.1, 0.15) is 0 Å². The molecule has 0 amide bonds. The molecule has 2 aromatic heterocycles. The second-order valence-corrected chi connectivity index (χ2v) is 22.2. The lowest BCUT2D eigenvalue weighted by Crippen LogP contribution is -2.74. The number of fused-ring (bicyclic) bond motifs is 13. The molecule has 2 heterocycles. The standard InChI is InChI=1S/C66H44N2Si/c1-4-20-45(21-5-1)46-22-18-28-51(42-46)69(49-24-6-2-7-25-49,50-26-8-3-9-27-50)52-29-19-23-47(43-52)68-63-41-40-59-55-32-11-10-30-53(55)54-31-12-13-35-58(54)65(59)66(63)60-39-38-48(44-64(60)68)67-61-36-16-14-33-56(61)57-34-15-17-37-62(57)67/h1-44H. The molecule has 0 saturated heterocycles. The second kappa shape index (κ2) is 15.7. The molecule has 0 N–H and O–H groups in total. The topological polar surface area (TPSA) is 9.86 Å². The highest BCUT2D eigenvalue weighted by molar-refractivity contribution is 7.20. The number of nitrogens with zero attached hydrogens (tertiary/aromatic N) is 2. The number of benzene rings is 12. The molecule has 0 fully saturated rings. The first-order valence-corrected chi connectivity index (χ1v) is 25.9. The maximum absolute atomic E-state index is 2.99. The quantitative estimate of drug-likeness (QED) is 0.0857. The van der Waals surface area contributed by atoms with E-state index in [1.807, 2.05) is 0 Å².